The molecule has 7 nitrogen and oxygen atoms in total. The summed E-state index contributed by atoms with van der Waals surface area (Å²) in [7, 11) is 0. The van der Waals surface area contributed by atoms with E-state index in [4.69, 9.17) is 12.2 Å². The molecule has 0 unspecified atom stereocenters. The average Bonchev–Trinajstić information content (AvgIpc) is 2.88. The molecule has 0 saturated carbocycles. The number of aromatic hydroxyl groups is 1. The number of thiocarbonyl (C=S) groups is 1. The molecular formula is C17H13N3O4S2. The van der Waals surface area contributed by atoms with Gasteiger partial charge in [0, 0.05) is 6.07 Å². The number of rotatable bonds is 5. The summed E-state index contributed by atoms with van der Waals surface area (Å²) in [5, 5.41) is 23.3. The van der Waals surface area contributed by atoms with E-state index >= 15 is 0 Å². The van der Waals surface area contributed by atoms with E-state index in [1.54, 1.807) is 36.4 Å². The number of nitrogens with zero attached hydrogens (tertiary/aromatic N) is 2. The molecule has 1 aliphatic rings. The van der Waals surface area contributed by atoms with Crippen LogP contribution in [-0.2, 0) is 4.79 Å². The van der Waals surface area contributed by atoms with Crippen LogP contribution in [0.15, 0.2) is 53.4 Å². The van der Waals surface area contributed by atoms with Crippen molar-refractivity contribution < 1.29 is 14.8 Å². The van der Waals surface area contributed by atoms with Crippen LogP contribution in [0.4, 0.5) is 11.4 Å². The molecule has 26 heavy (non-hydrogen) atoms. The Labute approximate surface area is 158 Å². The first-order valence-corrected chi connectivity index (χ1v) is 8.70. The van der Waals surface area contributed by atoms with Gasteiger partial charge >= 0.3 is 0 Å². The lowest BCUT2D eigenvalue weighted by Gasteiger charge is -2.16. The van der Waals surface area contributed by atoms with E-state index in [-0.39, 0.29) is 24.0 Å². The fraction of sp³-hybridized carbons (Fsp3) is 0.0588. The van der Waals surface area contributed by atoms with E-state index in [2.05, 4.69) is 5.32 Å². The minimum absolute atomic E-state index is 0.0302. The van der Waals surface area contributed by atoms with Crippen molar-refractivity contribution in [2.24, 2.45) is 0 Å². The summed E-state index contributed by atoms with van der Waals surface area (Å²) < 4.78 is 0.367. The van der Waals surface area contributed by atoms with E-state index in [0.717, 1.165) is 17.3 Å². The number of hydrogen-bond donors (Lipinski definition) is 2. The molecule has 0 atom stereocenters. The molecule has 1 fully saturated rings. The highest BCUT2D eigenvalue weighted by atomic mass is 32.2. The van der Waals surface area contributed by atoms with Crippen LogP contribution in [0.25, 0.3) is 6.08 Å². The lowest BCUT2D eigenvalue weighted by Crippen LogP contribution is -2.33. The molecule has 3 rings (SSSR count). The molecule has 2 aromatic carbocycles. The number of carbonyl (C=O) groups is 1. The van der Waals surface area contributed by atoms with Crippen LogP contribution in [0, 0.1) is 10.1 Å². The Balaban J connectivity index is 1.74. The Morgan fingerprint density at radius 1 is 1.23 bits per heavy atom. The molecule has 0 spiro atoms. The minimum atomic E-state index is -0.489. The van der Waals surface area contributed by atoms with Gasteiger partial charge in [0.25, 0.3) is 11.6 Å². The molecule has 1 aliphatic heterocycles. The highest BCUT2D eigenvalue weighted by Crippen LogP contribution is 2.33. The average molecular weight is 387 g/mol. The predicted molar refractivity (Wildman–Crippen MR) is 105 cm³/mol. The van der Waals surface area contributed by atoms with Gasteiger partial charge in [-0.05, 0) is 29.8 Å². The molecular weight excluding hydrogens is 374 g/mol. The number of anilines is 1. The smallest absolute Gasteiger partial charge is 0.292 e. The summed E-state index contributed by atoms with van der Waals surface area (Å²) in [6.45, 7) is 0.0302. The lowest BCUT2D eigenvalue weighted by molar-refractivity contribution is -0.384. The van der Waals surface area contributed by atoms with Crippen molar-refractivity contribution in [3.8, 4) is 5.75 Å². The molecule has 1 amide bonds. The van der Waals surface area contributed by atoms with Gasteiger partial charge in [0.05, 0.1) is 16.5 Å². The maximum Gasteiger partial charge on any atom is 0.292 e. The summed E-state index contributed by atoms with van der Waals surface area (Å²) in [4.78, 5) is 24.9. The van der Waals surface area contributed by atoms with Gasteiger partial charge in [-0.25, -0.2) is 0 Å². The van der Waals surface area contributed by atoms with E-state index in [1.807, 2.05) is 0 Å². The van der Waals surface area contributed by atoms with E-state index < -0.39 is 4.92 Å². The Hall–Kier alpha value is -2.91. The van der Waals surface area contributed by atoms with E-state index in [9.17, 15) is 20.0 Å². The molecule has 0 aromatic heterocycles. The third kappa shape index (κ3) is 3.84. The van der Waals surface area contributed by atoms with Crippen molar-refractivity contribution in [1.29, 1.82) is 0 Å². The number of nitro benzene ring substituents is 1. The van der Waals surface area contributed by atoms with Crippen LogP contribution < -0.4 is 5.32 Å². The van der Waals surface area contributed by atoms with Crippen molar-refractivity contribution in [3.63, 3.8) is 0 Å². The van der Waals surface area contributed by atoms with Crippen molar-refractivity contribution in [3.05, 3.63) is 69.1 Å². The number of hydrogen-bond acceptors (Lipinski definition) is 7. The van der Waals surface area contributed by atoms with Crippen molar-refractivity contribution in [2.45, 2.75) is 0 Å². The zero-order valence-corrected chi connectivity index (χ0v) is 14.9. The summed E-state index contributed by atoms with van der Waals surface area (Å²) in [6.07, 6.45) is 1.68. The second-order valence-electron chi connectivity index (χ2n) is 5.31. The number of amides is 1. The zero-order chi connectivity index (χ0) is 18.7. The highest BCUT2D eigenvalue weighted by molar-refractivity contribution is 8.26. The monoisotopic (exact) mass is 387 g/mol. The summed E-state index contributed by atoms with van der Waals surface area (Å²) in [5.74, 6) is -0.137. The number of phenols is 1. The van der Waals surface area contributed by atoms with Gasteiger partial charge in [-0.3, -0.25) is 19.8 Å². The van der Waals surface area contributed by atoms with Crippen molar-refractivity contribution in [1.82, 2.24) is 4.90 Å². The quantitative estimate of drug-likeness (QED) is 0.350. The fourth-order valence-electron chi connectivity index (χ4n) is 2.30. The topological polar surface area (TPSA) is 95.7 Å². The number of phenolic OH excluding ortho intramolecular Hbond substituents is 1. The van der Waals surface area contributed by atoms with Crippen LogP contribution in [0.5, 0.6) is 5.75 Å². The first-order chi connectivity index (χ1) is 12.5. The molecule has 132 valence electrons. The second-order valence-corrected chi connectivity index (χ2v) is 6.99. The first-order valence-electron chi connectivity index (χ1n) is 7.47. The normalized spacial score (nSPS) is 15.5. The number of nitrogens with one attached hydrogen (secondary N) is 1. The molecule has 9 heteroatoms. The second kappa shape index (κ2) is 7.54. The zero-order valence-electron chi connectivity index (χ0n) is 13.3. The highest BCUT2D eigenvalue weighted by Gasteiger charge is 2.32. The molecule has 2 aromatic rings. The fourth-order valence-corrected chi connectivity index (χ4v) is 3.56. The summed E-state index contributed by atoms with van der Waals surface area (Å²) >= 11 is 6.40. The third-order valence-electron chi connectivity index (χ3n) is 3.59. The third-order valence-corrected chi connectivity index (χ3v) is 4.97. The Morgan fingerprint density at radius 3 is 2.62 bits per heavy atom. The molecule has 0 aliphatic carbocycles. The van der Waals surface area contributed by atoms with Crippen LogP contribution in [0.3, 0.4) is 0 Å². The summed E-state index contributed by atoms with van der Waals surface area (Å²) in [5.41, 5.74) is 1.00. The molecule has 0 bridgehead atoms. The number of para-hydroxylation sites is 2. The number of thioether (sulfide) groups is 1. The van der Waals surface area contributed by atoms with Crippen molar-refractivity contribution >= 4 is 51.7 Å². The van der Waals surface area contributed by atoms with Crippen LogP contribution in [0.2, 0.25) is 0 Å². The largest absolute Gasteiger partial charge is 0.508 e. The van der Waals surface area contributed by atoms with Gasteiger partial charge in [-0.1, -0.05) is 48.2 Å². The molecule has 0 radical (unpaired) electrons. The number of nitro groups is 1. The van der Waals surface area contributed by atoms with Gasteiger partial charge in [-0.15, -0.1) is 0 Å². The molecule has 2 N–H and O–H groups in total. The SMILES string of the molecule is O=C1/C(=C/c2ccc(O)cc2)SC(=S)N1CNc1ccccc1[N+](=O)[O-]. The van der Waals surface area contributed by atoms with Gasteiger partial charge in [0.15, 0.2) is 0 Å². The van der Waals surface area contributed by atoms with E-state index in [0.29, 0.717) is 14.9 Å². The van der Waals surface area contributed by atoms with Gasteiger partial charge in [0.2, 0.25) is 0 Å². The Kier molecular flexibility index (Phi) is 5.19. The van der Waals surface area contributed by atoms with Crippen LogP contribution >= 0.6 is 24.0 Å². The molecule has 1 saturated heterocycles. The van der Waals surface area contributed by atoms with Gasteiger partial charge < -0.3 is 10.4 Å². The summed E-state index contributed by atoms with van der Waals surface area (Å²) in [6, 6.07) is 12.6. The van der Waals surface area contributed by atoms with Gasteiger partial charge in [0.1, 0.15) is 15.8 Å². The number of carbonyl (C=O) groups excluding carboxylic acids is 1. The number of benzene rings is 2. The van der Waals surface area contributed by atoms with Crippen molar-refractivity contribution in [2.75, 3.05) is 12.0 Å². The predicted octanol–water partition coefficient (Wildman–Crippen LogP) is 3.57. The Bertz CT molecular complexity index is 912. The lowest BCUT2D eigenvalue weighted by atomic mass is 10.2. The molecule has 1 heterocycles. The maximum absolute atomic E-state index is 12.6. The Morgan fingerprint density at radius 2 is 1.92 bits per heavy atom. The van der Waals surface area contributed by atoms with Gasteiger partial charge in [-0.2, -0.15) is 0 Å². The minimum Gasteiger partial charge on any atom is -0.508 e. The van der Waals surface area contributed by atoms with Crippen LogP contribution in [0.1, 0.15) is 5.56 Å². The standard InChI is InChI=1S/C17H13N3O4S2/c21-12-7-5-11(6-8-12)9-15-16(22)19(17(25)26-15)10-18-13-3-1-2-4-14(13)20(23)24/h1-9,18,21H,10H2/b15-9-. The van der Waals surface area contributed by atoms with Crippen LogP contribution in [-0.4, -0.2) is 31.8 Å². The maximum atomic E-state index is 12.6. The first kappa shape index (κ1) is 17.9. The van der Waals surface area contributed by atoms with E-state index in [1.165, 1.54) is 23.1 Å².